The molecule has 4 heteroatoms. The monoisotopic (exact) mass is 259 g/mol. The van der Waals surface area contributed by atoms with Crippen molar-refractivity contribution in [2.24, 2.45) is 0 Å². The second-order valence-corrected chi connectivity index (χ2v) is 4.15. The maximum atomic E-state index is 11.5. The van der Waals surface area contributed by atoms with Gasteiger partial charge in [-0.2, -0.15) is 0 Å². The molecule has 1 N–H and O–H groups in total. The lowest BCUT2D eigenvalue weighted by Gasteiger charge is -2.18. The summed E-state index contributed by atoms with van der Waals surface area (Å²) in [5.41, 5.74) is 1.62. The summed E-state index contributed by atoms with van der Waals surface area (Å²) in [6, 6.07) is 3.61. The summed E-state index contributed by atoms with van der Waals surface area (Å²) < 4.78 is 0.809. The predicted octanol–water partition coefficient (Wildman–Crippen LogP) is 2.39. The standard InChI is InChI=1S/C9H7BrClNO/c10-6-1-2-7(11)5-3-4-12-9(13)8(5)6/h1-2H,3-4H2,(H,12,13). The highest BCUT2D eigenvalue weighted by molar-refractivity contribution is 9.10. The van der Waals surface area contributed by atoms with Crippen molar-refractivity contribution in [2.75, 3.05) is 6.54 Å². The Hall–Kier alpha value is -0.540. The number of halogens is 2. The molecule has 0 spiro atoms. The fraction of sp³-hybridized carbons (Fsp3) is 0.222. The average molecular weight is 261 g/mol. The van der Waals surface area contributed by atoms with Gasteiger partial charge in [0.1, 0.15) is 0 Å². The fourth-order valence-corrected chi connectivity index (χ4v) is 2.28. The number of hydrogen-bond donors (Lipinski definition) is 1. The lowest BCUT2D eigenvalue weighted by atomic mass is 10.0. The molecule has 1 amide bonds. The minimum Gasteiger partial charge on any atom is -0.352 e. The number of carbonyl (C=O) groups is 1. The van der Waals surface area contributed by atoms with Crippen LogP contribution >= 0.6 is 27.5 Å². The van der Waals surface area contributed by atoms with Crippen LogP contribution in [0.25, 0.3) is 0 Å². The van der Waals surface area contributed by atoms with Crippen LogP contribution < -0.4 is 5.32 Å². The molecule has 2 rings (SSSR count). The van der Waals surface area contributed by atoms with Crippen molar-refractivity contribution < 1.29 is 4.79 Å². The molecule has 1 aromatic carbocycles. The number of hydrogen-bond acceptors (Lipinski definition) is 1. The first kappa shape index (κ1) is 9.03. The van der Waals surface area contributed by atoms with E-state index in [1.54, 1.807) is 6.07 Å². The molecular formula is C9H7BrClNO. The molecule has 68 valence electrons. The first-order chi connectivity index (χ1) is 6.20. The molecule has 0 bridgehead atoms. The molecule has 0 aromatic heterocycles. The summed E-state index contributed by atoms with van der Waals surface area (Å²) in [7, 11) is 0. The topological polar surface area (TPSA) is 29.1 Å². The molecule has 0 radical (unpaired) electrons. The predicted molar refractivity (Wildman–Crippen MR) is 55.2 cm³/mol. The highest BCUT2D eigenvalue weighted by Gasteiger charge is 2.21. The highest BCUT2D eigenvalue weighted by Crippen LogP contribution is 2.29. The highest BCUT2D eigenvalue weighted by atomic mass is 79.9. The van der Waals surface area contributed by atoms with E-state index in [4.69, 9.17) is 11.6 Å². The van der Waals surface area contributed by atoms with Gasteiger partial charge in [-0.15, -0.1) is 0 Å². The van der Waals surface area contributed by atoms with Crippen molar-refractivity contribution in [3.05, 3.63) is 32.8 Å². The van der Waals surface area contributed by atoms with E-state index in [0.717, 1.165) is 16.5 Å². The van der Waals surface area contributed by atoms with Gasteiger partial charge in [0.25, 0.3) is 5.91 Å². The fourth-order valence-electron chi connectivity index (χ4n) is 1.47. The van der Waals surface area contributed by atoms with Crippen LogP contribution in [0, 0.1) is 0 Å². The van der Waals surface area contributed by atoms with Gasteiger partial charge in [0, 0.05) is 16.0 Å². The Morgan fingerprint density at radius 3 is 2.92 bits per heavy atom. The van der Waals surface area contributed by atoms with E-state index in [2.05, 4.69) is 21.2 Å². The Labute approximate surface area is 89.4 Å². The lowest BCUT2D eigenvalue weighted by molar-refractivity contribution is 0.0945. The van der Waals surface area contributed by atoms with Crippen LogP contribution in [0.2, 0.25) is 5.02 Å². The summed E-state index contributed by atoms with van der Waals surface area (Å²) in [6.07, 6.45) is 0.805. The zero-order valence-electron chi connectivity index (χ0n) is 6.73. The first-order valence-corrected chi connectivity index (χ1v) is 5.12. The molecule has 0 unspecified atom stereocenters. The summed E-state index contributed by atoms with van der Waals surface area (Å²) in [4.78, 5) is 11.5. The van der Waals surface area contributed by atoms with Crippen molar-refractivity contribution >= 4 is 33.4 Å². The van der Waals surface area contributed by atoms with Crippen LogP contribution in [0.3, 0.4) is 0 Å². The van der Waals surface area contributed by atoms with E-state index in [1.807, 2.05) is 6.07 Å². The van der Waals surface area contributed by atoms with Crippen molar-refractivity contribution in [1.82, 2.24) is 5.32 Å². The van der Waals surface area contributed by atoms with E-state index in [9.17, 15) is 4.79 Å². The normalized spacial score (nSPS) is 15.1. The maximum Gasteiger partial charge on any atom is 0.252 e. The molecule has 0 saturated heterocycles. The van der Waals surface area contributed by atoms with Crippen molar-refractivity contribution in [3.63, 3.8) is 0 Å². The lowest BCUT2D eigenvalue weighted by Crippen LogP contribution is -2.32. The molecule has 1 aliphatic rings. The number of amides is 1. The molecule has 0 aliphatic carbocycles. The van der Waals surface area contributed by atoms with Crippen molar-refractivity contribution in [3.8, 4) is 0 Å². The van der Waals surface area contributed by atoms with E-state index < -0.39 is 0 Å². The van der Waals surface area contributed by atoms with Gasteiger partial charge < -0.3 is 5.32 Å². The van der Waals surface area contributed by atoms with Gasteiger partial charge in [0.2, 0.25) is 0 Å². The van der Waals surface area contributed by atoms with Crippen LogP contribution in [0.1, 0.15) is 15.9 Å². The van der Waals surface area contributed by atoms with E-state index in [0.29, 0.717) is 17.1 Å². The number of benzene rings is 1. The van der Waals surface area contributed by atoms with Crippen molar-refractivity contribution in [2.45, 2.75) is 6.42 Å². The molecule has 0 fully saturated rings. The Morgan fingerprint density at radius 1 is 1.46 bits per heavy atom. The minimum absolute atomic E-state index is 0.0457. The third-order valence-corrected chi connectivity index (χ3v) is 3.11. The van der Waals surface area contributed by atoms with E-state index >= 15 is 0 Å². The molecular weight excluding hydrogens is 253 g/mol. The average Bonchev–Trinajstić information content (AvgIpc) is 2.12. The number of nitrogens with one attached hydrogen (secondary N) is 1. The summed E-state index contributed by atoms with van der Waals surface area (Å²) in [5, 5.41) is 3.45. The van der Waals surface area contributed by atoms with Crippen LogP contribution in [-0.4, -0.2) is 12.5 Å². The summed E-state index contributed by atoms with van der Waals surface area (Å²) in [5.74, 6) is -0.0457. The Balaban J connectivity index is 2.67. The molecule has 1 aromatic rings. The van der Waals surface area contributed by atoms with Crippen LogP contribution in [0.15, 0.2) is 16.6 Å². The third-order valence-electron chi connectivity index (χ3n) is 2.09. The minimum atomic E-state index is -0.0457. The van der Waals surface area contributed by atoms with Crippen molar-refractivity contribution in [1.29, 1.82) is 0 Å². The van der Waals surface area contributed by atoms with E-state index in [-0.39, 0.29) is 5.91 Å². The Morgan fingerprint density at radius 2 is 2.23 bits per heavy atom. The molecule has 1 aliphatic heterocycles. The molecule has 13 heavy (non-hydrogen) atoms. The summed E-state index contributed by atoms with van der Waals surface area (Å²) >= 11 is 9.32. The van der Waals surface area contributed by atoms with E-state index in [1.165, 1.54) is 0 Å². The third kappa shape index (κ3) is 1.46. The van der Waals surface area contributed by atoms with Gasteiger partial charge in [0.15, 0.2) is 0 Å². The van der Waals surface area contributed by atoms with Gasteiger partial charge in [0.05, 0.1) is 5.56 Å². The Bertz CT molecular complexity index is 378. The number of rotatable bonds is 0. The van der Waals surface area contributed by atoms with Gasteiger partial charge in [-0.05, 0) is 40.0 Å². The number of carbonyl (C=O) groups excluding carboxylic acids is 1. The second-order valence-electron chi connectivity index (χ2n) is 2.89. The maximum absolute atomic E-state index is 11.5. The van der Waals surface area contributed by atoms with Crippen LogP contribution in [-0.2, 0) is 6.42 Å². The quantitative estimate of drug-likeness (QED) is 0.762. The molecule has 2 nitrogen and oxygen atoms in total. The molecule has 0 atom stereocenters. The second kappa shape index (κ2) is 3.31. The zero-order valence-corrected chi connectivity index (χ0v) is 9.08. The molecule has 1 heterocycles. The number of fused-ring (bicyclic) bond motifs is 1. The smallest absolute Gasteiger partial charge is 0.252 e. The SMILES string of the molecule is O=C1NCCc2c(Cl)ccc(Br)c21. The zero-order chi connectivity index (χ0) is 9.42. The largest absolute Gasteiger partial charge is 0.352 e. The van der Waals surface area contributed by atoms with Crippen LogP contribution in [0.5, 0.6) is 0 Å². The Kier molecular flexibility index (Phi) is 2.30. The van der Waals surface area contributed by atoms with Gasteiger partial charge in [-0.1, -0.05) is 11.6 Å². The summed E-state index contributed by atoms with van der Waals surface area (Å²) in [6.45, 7) is 0.669. The molecule has 0 saturated carbocycles. The van der Waals surface area contributed by atoms with Gasteiger partial charge in [-0.3, -0.25) is 4.79 Å². The van der Waals surface area contributed by atoms with Crippen LogP contribution in [0.4, 0.5) is 0 Å². The first-order valence-electron chi connectivity index (χ1n) is 3.95. The van der Waals surface area contributed by atoms with Gasteiger partial charge in [-0.25, -0.2) is 0 Å². The van der Waals surface area contributed by atoms with Gasteiger partial charge >= 0.3 is 0 Å².